The average molecular weight is 358 g/mol. The van der Waals surface area contributed by atoms with Gasteiger partial charge in [-0.1, -0.05) is 11.6 Å². The average Bonchev–Trinajstić information content (AvgIpc) is 2.93. The van der Waals surface area contributed by atoms with E-state index in [4.69, 9.17) is 16.0 Å². The van der Waals surface area contributed by atoms with Crippen LogP contribution in [-0.2, 0) is 0 Å². The van der Waals surface area contributed by atoms with Gasteiger partial charge < -0.3 is 15.1 Å². The number of hydrogen-bond donors (Lipinski definition) is 2. The monoisotopic (exact) mass is 357 g/mol. The molecule has 2 N–H and O–H groups in total. The smallest absolute Gasteiger partial charge is 0.287 e. The van der Waals surface area contributed by atoms with Crippen LogP contribution in [0.4, 0.5) is 5.69 Å². The number of carbonyl (C=O) groups is 1. The first-order valence-electron chi connectivity index (χ1n) is 8.17. The number of amides is 1. The van der Waals surface area contributed by atoms with Gasteiger partial charge in [0.2, 0.25) is 0 Å². The number of furan rings is 1. The Hall–Kier alpha value is -2.53. The summed E-state index contributed by atoms with van der Waals surface area (Å²) in [4.78, 5) is 16.4. The summed E-state index contributed by atoms with van der Waals surface area (Å²) in [6.45, 7) is 5.14. The largest absolute Gasteiger partial charge is 0.449 e. The van der Waals surface area contributed by atoms with E-state index in [1.165, 1.54) is 0 Å². The first-order valence-corrected chi connectivity index (χ1v) is 8.55. The summed E-state index contributed by atoms with van der Waals surface area (Å²) in [6, 6.07) is 7.64. The summed E-state index contributed by atoms with van der Waals surface area (Å²) in [5, 5.41) is 7.55. The fraction of sp³-hybridized carbons (Fsp3) is 0.263. The number of aryl methyl sites for hydroxylation is 2. The zero-order chi connectivity index (χ0) is 17.8. The molecule has 2 aromatic heterocycles. The van der Waals surface area contributed by atoms with Crippen molar-refractivity contribution in [3.05, 3.63) is 58.6 Å². The first-order chi connectivity index (χ1) is 12.1. The zero-order valence-corrected chi connectivity index (χ0v) is 15.0. The lowest BCUT2D eigenvalue weighted by molar-refractivity contribution is 0.0927. The van der Waals surface area contributed by atoms with Crippen molar-refractivity contribution in [1.29, 1.82) is 0 Å². The second-order valence-corrected chi connectivity index (χ2v) is 6.36. The van der Waals surface area contributed by atoms with Gasteiger partial charge >= 0.3 is 0 Å². The molecule has 0 spiro atoms. The van der Waals surface area contributed by atoms with Crippen molar-refractivity contribution >= 4 is 34.2 Å². The van der Waals surface area contributed by atoms with E-state index < -0.39 is 0 Å². The molecule has 0 fully saturated rings. The van der Waals surface area contributed by atoms with Gasteiger partial charge in [0.1, 0.15) is 0 Å². The second kappa shape index (κ2) is 7.57. The number of hydrogen-bond acceptors (Lipinski definition) is 4. The van der Waals surface area contributed by atoms with Crippen molar-refractivity contribution in [2.24, 2.45) is 0 Å². The molecule has 0 saturated heterocycles. The molecule has 6 heteroatoms. The van der Waals surface area contributed by atoms with Crippen LogP contribution >= 0.6 is 11.6 Å². The predicted molar refractivity (Wildman–Crippen MR) is 100 cm³/mol. The maximum atomic E-state index is 12.4. The summed E-state index contributed by atoms with van der Waals surface area (Å²) in [5.74, 6) is 0.103. The molecule has 1 aromatic carbocycles. The Balaban J connectivity index is 1.57. The van der Waals surface area contributed by atoms with Crippen LogP contribution in [0.2, 0.25) is 5.02 Å². The topological polar surface area (TPSA) is 67.2 Å². The Labute approximate surface area is 151 Å². The minimum atomic E-state index is -0.219. The van der Waals surface area contributed by atoms with E-state index in [0.29, 0.717) is 22.9 Å². The third-order valence-electron chi connectivity index (χ3n) is 3.97. The maximum absolute atomic E-state index is 12.4. The normalized spacial score (nSPS) is 10.8. The molecule has 0 aliphatic carbocycles. The standard InChI is InChI=1S/C19H20ClN3O2/c1-12-9-15-13(2)17(25-18(15)16(20)10-12)19(24)23-8-4-7-22-14-5-3-6-21-11-14/h3,5-6,9-11,22H,4,7-8H2,1-2H3,(H,23,24). The van der Waals surface area contributed by atoms with Gasteiger partial charge in [-0.25, -0.2) is 0 Å². The zero-order valence-electron chi connectivity index (χ0n) is 14.2. The van der Waals surface area contributed by atoms with Crippen LogP contribution in [0, 0.1) is 13.8 Å². The molecule has 0 atom stereocenters. The van der Waals surface area contributed by atoms with Crippen molar-refractivity contribution in [3.8, 4) is 0 Å². The molecule has 0 saturated carbocycles. The molecule has 0 unspecified atom stereocenters. The highest BCUT2D eigenvalue weighted by Crippen LogP contribution is 2.32. The van der Waals surface area contributed by atoms with E-state index >= 15 is 0 Å². The number of nitrogens with one attached hydrogen (secondary N) is 2. The molecule has 25 heavy (non-hydrogen) atoms. The number of aromatic nitrogens is 1. The number of nitrogens with zero attached hydrogens (tertiary/aromatic N) is 1. The molecular formula is C19H20ClN3O2. The number of pyridine rings is 1. The molecule has 5 nitrogen and oxygen atoms in total. The van der Waals surface area contributed by atoms with Gasteiger partial charge in [-0.05, 0) is 50.1 Å². The van der Waals surface area contributed by atoms with Gasteiger partial charge in [0.05, 0.1) is 10.7 Å². The number of carbonyl (C=O) groups excluding carboxylic acids is 1. The highest BCUT2D eigenvalue weighted by atomic mass is 35.5. The summed E-state index contributed by atoms with van der Waals surface area (Å²) in [6.07, 6.45) is 4.29. The molecule has 0 aliphatic rings. The summed E-state index contributed by atoms with van der Waals surface area (Å²) >= 11 is 6.22. The van der Waals surface area contributed by atoms with Gasteiger partial charge in [0, 0.05) is 36.4 Å². The molecule has 0 radical (unpaired) electrons. The highest BCUT2D eigenvalue weighted by Gasteiger charge is 2.19. The number of halogens is 1. The summed E-state index contributed by atoms with van der Waals surface area (Å²) < 4.78 is 5.70. The Kier molecular flexibility index (Phi) is 5.24. The quantitative estimate of drug-likeness (QED) is 0.644. The van der Waals surface area contributed by atoms with Crippen LogP contribution < -0.4 is 10.6 Å². The van der Waals surface area contributed by atoms with Gasteiger partial charge in [-0.2, -0.15) is 0 Å². The van der Waals surface area contributed by atoms with Crippen LogP contribution in [0.5, 0.6) is 0 Å². The van der Waals surface area contributed by atoms with Crippen molar-refractivity contribution in [1.82, 2.24) is 10.3 Å². The molecular weight excluding hydrogens is 338 g/mol. The van der Waals surface area contributed by atoms with Crippen LogP contribution in [0.1, 0.15) is 28.1 Å². The molecule has 1 amide bonds. The van der Waals surface area contributed by atoms with Gasteiger partial charge in [-0.3, -0.25) is 9.78 Å². The third-order valence-corrected chi connectivity index (χ3v) is 4.25. The predicted octanol–water partition coefficient (Wildman–Crippen LogP) is 4.33. The van der Waals surface area contributed by atoms with Crippen LogP contribution in [0.25, 0.3) is 11.0 Å². The second-order valence-electron chi connectivity index (χ2n) is 5.96. The number of rotatable bonds is 6. The maximum Gasteiger partial charge on any atom is 0.287 e. The lowest BCUT2D eigenvalue weighted by Gasteiger charge is -2.06. The Morgan fingerprint density at radius 1 is 1.28 bits per heavy atom. The van der Waals surface area contributed by atoms with Crippen LogP contribution in [0.15, 0.2) is 41.1 Å². The fourth-order valence-electron chi connectivity index (χ4n) is 2.70. The van der Waals surface area contributed by atoms with Crippen LogP contribution in [0.3, 0.4) is 0 Å². The summed E-state index contributed by atoms with van der Waals surface area (Å²) in [7, 11) is 0. The van der Waals surface area contributed by atoms with E-state index in [-0.39, 0.29) is 5.91 Å². The van der Waals surface area contributed by atoms with Crippen molar-refractivity contribution in [2.45, 2.75) is 20.3 Å². The number of benzene rings is 1. The molecule has 0 aliphatic heterocycles. The Morgan fingerprint density at radius 2 is 2.12 bits per heavy atom. The van der Waals surface area contributed by atoms with Gasteiger partial charge in [0.25, 0.3) is 5.91 Å². The van der Waals surface area contributed by atoms with E-state index in [1.54, 1.807) is 12.4 Å². The SMILES string of the molecule is Cc1cc(Cl)c2oc(C(=O)NCCCNc3cccnc3)c(C)c2c1. The minimum Gasteiger partial charge on any atom is -0.449 e. The van der Waals surface area contributed by atoms with E-state index in [0.717, 1.165) is 35.2 Å². The van der Waals surface area contributed by atoms with E-state index in [9.17, 15) is 4.79 Å². The van der Waals surface area contributed by atoms with Gasteiger partial charge in [0.15, 0.2) is 11.3 Å². The van der Waals surface area contributed by atoms with Gasteiger partial charge in [-0.15, -0.1) is 0 Å². The first kappa shape index (κ1) is 17.3. The molecule has 2 heterocycles. The van der Waals surface area contributed by atoms with E-state index in [1.807, 2.05) is 38.1 Å². The molecule has 130 valence electrons. The molecule has 3 rings (SSSR count). The summed E-state index contributed by atoms with van der Waals surface area (Å²) in [5.41, 5.74) is 3.38. The van der Waals surface area contributed by atoms with Crippen molar-refractivity contribution in [3.63, 3.8) is 0 Å². The lowest BCUT2D eigenvalue weighted by Crippen LogP contribution is -2.26. The molecule has 3 aromatic rings. The number of fused-ring (bicyclic) bond motifs is 1. The van der Waals surface area contributed by atoms with Crippen molar-refractivity contribution in [2.75, 3.05) is 18.4 Å². The molecule has 0 bridgehead atoms. The fourth-order valence-corrected chi connectivity index (χ4v) is 3.01. The highest BCUT2D eigenvalue weighted by molar-refractivity contribution is 6.35. The Bertz CT molecular complexity index is 891. The lowest BCUT2D eigenvalue weighted by atomic mass is 10.1. The Morgan fingerprint density at radius 3 is 2.88 bits per heavy atom. The third kappa shape index (κ3) is 3.94. The number of anilines is 1. The van der Waals surface area contributed by atoms with Crippen molar-refractivity contribution < 1.29 is 9.21 Å². The van der Waals surface area contributed by atoms with E-state index in [2.05, 4.69) is 15.6 Å². The minimum absolute atomic E-state index is 0.219. The van der Waals surface area contributed by atoms with Crippen LogP contribution in [-0.4, -0.2) is 24.0 Å².